The van der Waals surface area contributed by atoms with Crippen molar-refractivity contribution >= 4 is 0 Å². The van der Waals surface area contributed by atoms with Gasteiger partial charge in [0.1, 0.15) is 6.61 Å². The molecule has 1 aliphatic heterocycles. The summed E-state index contributed by atoms with van der Waals surface area (Å²) in [6, 6.07) is 1.88. The van der Waals surface area contributed by atoms with Gasteiger partial charge in [0.2, 0.25) is 0 Å². The second-order valence-electron chi connectivity index (χ2n) is 4.18. The minimum Gasteiger partial charge on any atom is -0.371 e. The molecule has 2 unspecified atom stereocenters. The second kappa shape index (κ2) is 5.43. The van der Waals surface area contributed by atoms with E-state index < -0.39 is 0 Å². The Balaban J connectivity index is 1.67. The number of hydrogen-bond acceptors (Lipinski definition) is 5. The zero-order valence-electron chi connectivity index (χ0n) is 9.73. The molecule has 0 bridgehead atoms. The van der Waals surface area contributed by atoms with Crippen LogP contribution in [0, 0.1) is 6.92 Å². The quantitative estimate of drug-likeness (QED) is 0.825. The first-order valence-electron chi connectivity index (χ1n) is 5.60. The molecule has 5 heteroatoms. The van der Waals surface area contributed by atoms with E-state index in [-0.39, 0.29) is 12.2 Å². The van der Waals surface area contributed by atoms with Crippen molar-refractivity contribution in [2.45, 2.75) is 32.7 Å². The number of aryl methyl sites for hydroxylation is 1. The Labute approximate surface area is 95.1 Å². The van der Waals surface area contributed by atoms with Crippen molar-refractivity contribution in [2.75, 3.05) is 19.7 Å². The zero-order chi connectivity index (χ0) is 11.4. The Morgan fingerprint density at radius 1 is 1.56 bits per heavy atom. The average Bonchev–Trinajstić information content (AvgIpc) is 2.64. The molecule has 1 aromatic heterocycles. The van der Waals surface area contributed by atoms with Crippen molar-refractivity contribution in [1.82, 2.24) is 10.5 Å². The van der Waals surface area contributed by atoms with E-state index in [1.54, 1.807) is 0 Å². The van der Waals surface area contributed by atoms with Crippen LogP contribution in [0.1, 0.15) is 18.4 Å². The van der Waals surface area contributed by atoms with Gasteiger partial charge in [0.25, 0.3) is 0 Å². The molecule has 2 atom stereocenters. The minimum absolute atomic E-state index is 0.132. The highest BCUT2D eigenvalue weighted by atomic mass is 16.5. The summed E-state index contributed by atoms with van der Waals surface area (Å²) in [4.78, 5) is 0. The Kier molecular flexibility index (Phi) is 3.93. The largest absolute Gasteiger partial charge is 0.371 e. The van der Waals surface area contributed by atoms with Gasteiger partial charge >= 0.3 is 0 Å². The maximum Gasteiger partial charge on any atom is 0.162 e. The summed E-state index contributed by atoms with van der Waals surface area (Å²) in [5, 5.41) is 7.09. The summed E-state index contributed by atoms with van der Waals surface area (Å²) >= 11 is 0. The first-order chi connectivity index (χ1) is 7.74. The van der Waals surface area contributed by atoms with Crippen molar-refractivity contribution in [2.24, 2.45) is 0 Å². The maximum atomic E-state index is 5.70. The molecule has 1 saturated heterocycles. The molecule has 0 aromatic carbocycles. The maximum absolute atomic E-state index is 5.70. The van der Waals surface area contributed by atoms with Crippen molar-refractivity contribution in [1.29, 1.82) is 0 Å². The summed E-state index contributed by atoms with van der Waals surface area (Å²) in [5.74, 6) is 0.759. The number of rotatable bonds is 4. The predicted molar refractivity (Wildman–Crippen MR) is 58.1 cm³/mol. The fourth-order valence-electron chi connectivity index (χ4n) is 1.75. The molecule has 5 nitrogen and oxygen atoms in total. The molecule has 1 aliphatic rings. The zero-order valence-corrected chi connectivity index (χ0v) is 9.73. The smallest absolute Gasteiger partial charge is 0.162 e. The van der Waals surface area contributed by atoms with Crippen molar-refractivity contribution in [3.05, 3.63) is 17.5 Å². The monoisotopic (exact) mass is 226 g/mol. The lowest BCUT2D eigenvalue weighted by atomic mass is 10.2. The molecule has 90 valence electrons. The van der Waals surface area contributed by atoms with Gasteiger partial charge in [0.15, 0.2) is 5.76 Å². The average molecular weight is 226 g/mol. The predicted octanol–water partition coefficient (Wildman–Crippen LogP) is 0.877. The molecule has 16 heavy (non-hydrogen) atoms. The number of nitrogens with zero attached hydrogens (tertiary/aromatic N) is 1. The second-order valence-corrected chi connectivity index (χ2v) is 4.18. The van der Waals surface area contributed by atoms with Crippen molar-refractivity contribution in [3.8, 4) is 0 Å². The Morgan fingerprint density at radius 3 is 3.12 bits per heavy atom. The van der Waals surface area contributed by atoms with Crippen LogP contribution in [0.4, 0.5) is 0 Å². The fourth-order valence-corrected chi connectivity index (χ4v) is 1.75. The highest BCUT2D eigenvalue weighted by molar-refractivity contribution is 5.01. The van der Waals surface area contributed by atoms with Crippen LogP contribution >= 0.6 is 0 Å². The molecule has 0 amide bonds. The lowest BCUT2D eigenvalue weighted by Gasteiger charge is -2.28. The first-order valence-corrected chi connectivity index (χ1v) is 5.60. The normalized spacial score (nSPS) is 25.9. The molecule has 0 radical (unpaired) electrons. The van der Waals surface area contributed by atoms with Crippen LogP contribution in [0.5, 0.6) is 0 Å². The van der Waals surface area contributed by atoms with Gasteiger partial charge in [0, 0.05) is 19.2 Å². The van der Waals surface area contributed by atoms with Crippen LogP contribution in [0.15, 0.2) is 10.6 Å². The fraction of sp³-hybridized carbons (Fsp3) is 0.727. The van der Waals surface area contributed by atoms with E-state index in [0.717, 1.165) is 24.5 Å². The first kappa shape index (κ1) is 11.6. The molecule has 0 saturated carbocycles. The molecule has 0 spiro atoms. The highest BCUT2D eigenvalue weighted by Crippen LogP contribution is 2.07. The number of aromatic nitrogens is 1. The lowest BCUT2D eigenvalue weighted by Crippen LogP contribution is -2.45. The van der Waals surface area contributed by atoms with Gasteiger partial charge in [-0.2, -0.15) is 0 Å². The standard InChI is InChI=1S/C11H18N2O3/c1-8-3-10(16-13-8)6-14-7-11-5-12-4-9(2)15-11/h3,9,11-12H,4-7H2,1-2H3. The van der Waals surface area contributed by atoms with Crippen LogP contribution in [-0.4, -0.2) is 37.1 Å². The molecule has 1 N–H and O–H groups in total. The van der Waals surface area contributed by atoms with Crippen LogP contribution in [0.25, 0.3) is 0 Å². The van der Waals surface area contributed by atoms with E-state index in [1.165, 1.54) is 0 Å². The number of nitrogens with one attached hydrogen (secondary N) is 1. The number of morpholine rings is 1. The molecule has 1 aromatic rings. The molecule has 0 aliphatic carbocycles. The highest BCUT2D eigenvalue weighted by Gasteiger charge is 2.18. The van der Waals surface area contributed by atoms with E-state index in [9.17, 15) is 0 Å². The topological polar surface area (TPSA) is 56.5 Å². The third-order valence-electron chi connectivity index (χ3n) is 2.45. The van der Waals surface area contributed by atoms with E-state index in [4.69, 9.17) is 14.0 Å². The Morgan fingerprint density at radius 2 is 2.44 bits per heavy atom. The summed E-state index contributed by atoms with van der Waals surface area (Å²) in [5.41, 5.74) is 0.878. The van der Waals surface area contributed by atoms with Gasteiger partial charge in [-0.05, 0) is 13.8 Å². The Bertz CT molecular complexity index is 327. The lowest BCUT2D eigenvalue weighted by molar-refractivity contribution is -0.0736. The van der Waals surface area contributed by atoms with Crippen molar-refractivity contribution in [3.63, 3.8) is 0 Å². The van der Waals surface area contributed by atoms with Gasteiger partial charge < -0.3 is 19.3 Å². The number of ether oxygens (including phenoxy) is 2. The molecule has 1 fully saturated rings. The summed E-state index contributed by atoms with van der Waals surface area (Å²) in [6.45, 7) is 6.74. The third kappa shape index (κ3) is 3.30. The Hall–Kier alpha value is -0.910. The van der Waals surface area contributed by atoms with E-state index in [0.29, 0.717) is 13.2 Å². The van der Waals surface area contributed by atoms with Crippen molar-refractivity contribution < 1.29 is 14.0 Å². The van der Waals surface area contributed by atoms with Crippen LogP contribution < -0.4 is 5.32 Å². The summed E-state index contributed by atoms with van der Waals surface area (Å²) < 4.78 is 16.3. The van der Waals surface area contributed by atoms with Crippen LogP contribution in [0.3, 0.4) is 0 Å². The van der Waals surface area contributed by atoms with Gasteiger partial charge in [0.05, 0.1) is 24.5 Å². The molecular formula is C11H18N2O3. The summed E-state index contributed by atoms with van der Waals surface area (Å²) in [7, 11) is 0. The molecular weight excluding hydrogens is 208 g/mol. The molecule has 2 rings (SSSR count). The van der Waals surface area contributed by atoms with Gasteiger partial charge in [-0.3, -0.25) is 0 Å². The van der Waals surface area contributed by atoms with Gasteiger partial charge in [-0.1, -0.05) is 5.16 Å². The number of hydrogen-bond donors (Lipinski definition) is 1. The van der Waals surface area contributed by atoms with E-state index in [2.05, 4.69) is 17.4 Å². The van der Waals surface area contributed by atoms with Gasteiger partial charge in [-0.15, -0.1) is 0 Å². The minimum atomic E-state index is 0.132. The SMILES string of the molecule is Cc1cc(COCC2CNCC(C)O2)on1. The van der Waals surface area contributed by atoms with Gasteiger partial charge in [-0.25, -0.2) is 0 Å². The van der Waals surface area contributed by atoms with Crippen LogP contribution in [-0.2, 0) is 16.1 Å². The van der Waals surface area contributed by atoms with E-state index >= 15 is 0 Å². The van der Waals surface area contributed by atoms with Crippen LogP contribution in [0.2, 0.25) is 0 Å². The summed E-state index contributed by atoms with van der Waals surface area (Å²) in [6.07, 6.45) is 0.391. The molecule has 2 heterocycles. The third-order valence-corrected chi connectivity index (χ3v) is 2.45. The van der Waals surface area contributed by atoms with E-state index in [1.807, 2.05) is 13.0 Å².